The zero-order valence-electron chi connectivity index (χ0n) is 15.7. The van der Waals surface area contributed by atoms with E-state index in [0.717, 1.165) is 34.4 Å². The number of benzene rings is 1. The molecular formula is C21H20N6O. The lowest BCUT2D eigenvalue weighted by atomic mass is 10.0. The predicted octanol–water partition coefficient (Wildman–Crippen LogP) is 3.37. The normalized spacial score (nSPS) is 21.0. The van der Waals surface area contributed by atoms with Crippen LogP contribution in [0.1, 0.15) is 18.9 Å². The van der Waals surface area contributed by atoms with E-state index in [9.17, 15) is 4.79 Å². The predicted molar refractivity (Wildman–Crippen MR) is 109 cm³/mol. The maximum absolute atomic E-state index is 12.7. The molecule has 4 heterocycles. The van der Waals surface area contributed by atoms with Crippen LogP contribution in [0.2, 0.25) is 0 Å². The summed E-state index contributed by atoms with van der Waals surface area (Å²) in [5, 5.41) is 8.61. The highest BCUT2D eigenvalue weighted by molar-refractivity contribution is 5.99. The van der Waals surface area contributed by atoms with Crippen LogP contribution in [0.15, 0.2) is 59.4 Å². The molecule has 3 aromatic rings. The Hall–Kier alpha value is -3.48. The Morgan fingerprint density at radius 3 is 2.89 bits per heavy atom. The number of fused-ring (bicyclic) bond motifs is 2. The summed E-state index contributed by atoms with van der Waals surface area (Å²) >= 11 is 0. The van der Waals surface area contributed by atoms with Crippen molar-refractivity contribution in [2.75, 3.05) is 4.90 Å². The number of aryl methyl sites for hydroxylation is 1. The number of anilines is 1. The fourth-order valence-electron chi connectivity index (χ4n) is 3.80. The molecule has 7 nitrogen and oxygen atoms in total. The second-order valence-corrected chi connectivity index (χ2v) is 7.11. The smallest absolute Gasteiger partial charge is 0.324 e. The molecule has 2 aromatic heterocycles. The van der Waals surface area contributed by atoms with E-state index in [2.05, 4.69) is 27.3 Å². The van der Waals surface area contributed by atoms with Gasteiger partial charge in [-0.3, -0.25) is 9.89 Å². The molecule has 2 unspecified atom stereocenters. The molecule has 2 aliphatic heterocycles. The molecule has 5 rings (SSSR count). The van der Waals surface area contributed by atoms with Crippen molar-refractivity contribution in [2.24, 2.45) is 4.99 Å². The summed E-state index contributed by atoms with van der Waals surface area (Å²) in [6, 6.07) is 9.58. The molecule has 0 radical (unpaired) electrons. The number of amides is 2. The van der Waals surface area contributed by atoms with Gasteiger partial charge in [0.1, 0.15) is 0 Å². The molecule has 2 aliphatic rings. The van der Waals surface area contributed by atoms with Crippen molar-refractivity contribution in [1.82, 2.24) is 20.1 Å². The van der Waals surface area contributed by atoms with Gasteiger partial charge in [0, 0.05) is 29.7 Å². The molecule has 140 valence electrons. The summed E-state index contributed by atoms with van der Waals surface area (Å²) in [5.74, 6) is 0.761. The van der Waals surface area contributed by atoms with E-state index in [4.69, 9.17) is 0 Å². The first-order valence-corrected chi connectivity index (χ1v) is 9.38. The van der Waals surface area contributed by atoms with Gasteiger partial charge in [-0.25, -0.2) is 14.5 Å². The van der Waals surface area contributed by atoms with Crippen LogP contribution in [0.25, 0.3) is 16.7 Å². The third-order valence-corrected chi connectivity index (χ3v) is 5.29. The Balaban J connectivity index is 1.52. The molecule has 7 heteroatoms. The van der Waals surface area contributed by atoms with Crippen LogP contribution in [-0.4, -0.2) is 39.2 Å². The number of dihydropyridines is 1. The molecule has 28 heavy (non-hydrogen) atoms. The number of allylic oxidation sites excluding steroid dienone is 1. The molecule has 1 fully saturated rings. The zero-order chi connectivity index (χ0) is 19.3. The van der Waals surface area contributed by atoms with Gasteiger partial charge in [0.05, 0.1) is 11.6 Å². The molecule has 1 saturated heterocycles. The van der Waals surface area contributed by atoms with E-state index in [1.807, 2.05) is 55.7 Å². The summed E-state index contributed by atoms with van der Waals surface area (Å²) in [7, 11) is 0. The second kappa shape index (κ2) is 6.30. The Kier molecular flexibility index (Phi) is 3.75. The van der Waals surface area contributed by atoms with Gasteiger partial charge in [-0.2, -0.15) is 5.10 Å². The first kappa shape index (κ1) is 16.7. The van der Waals surface area contributed by atoms with Gasteiger partial charge in [0.15, 0.2) is 12.0 Å². The topological polar surface area (TPSA) is 75.4 Å². The number of aromatic nitrogens is 3. The molecule has 2 amide bonds. The summed E-state index contributed by atoms with van der Waals surface area (Å²) in [6.45, 7) is 4.10. The Morgan fingerprint density at radius 1 is 1.21 bits per heavy atom. The highest BCUT2D eigenvalue weighted by Crippen LogP contribution is 2.31. The fraction of sp³-hybridized carbons (Fsp3) is 0.238. The quantitative estimate of drug-likeness (QED) is 0.766. The van der Waals surface area contributed by atoms with Gasteiger partial charge >= 0.3 is 6.03 Å². The highest BCUT2D eigenvalue weighted by Gasteiger charge is 2.42. The summed E-state index contributed by atoms with van der Waals surface area (Å²) in [6.07, 6.45) is 8.18. The molecule has 0 saturated carbocycles. The van der Waals surface area contributed by atoms with Gasteiger partial charge in [-0.15, -0.1) is 0 Å². The molecule has 1 aromatic carbocycles. The van der Waals surface area contributed by atoms with Crippen LogP contribution in [0.4, 0.5) is 10.5 Å². The van der Waals surface area contributed by atoms with Crippen molar-refractivity contribution >= 4 is 28.8 Å². The van der Waals surface area contributed by atoms with Crippen molar-refractivity contribution in [1.29, 1.82) is 0 Å². The van der Waals surface area contributed by atoms with Gasteiger partial charge in [0.25, 0.3) is 0 Å². The lowest BCUT2D eigenvalue weighted by molar-refractivity contribution is 0.251. The number of rotatable bonds is 3. The monoisotopic (exact) mass is 372 g/mol. The zero-order valence-corrected chi connectivity index (χ0v) is 15.7. The van der Waals surface area contributed by atoms with Crippen LogP contribution in [0.5, 0.6) is 0 Å². The average Bonchev–Trinajstić information content (AvgIpc) is 3.27. The largest absolute Gasteiger partial charge is 0.327 e. The van der Waals surface area contributed by atoms with Crippen molar-refractivity contribution < 1.29 is 4.79 Å². The number of pyridine rings is 1. The standard InChI is InChI=1S/C21H20N6O/c1-3-14-8-9-22-20-19(14)24-21(28)27(20)16-5-6-17-15(10-16)12-26(25-17)18-7-4-13(2)11-23-18/h4-12,19-20H,3H2,1-2H3,(H,24,28). The van der Waals surface area contributed by atoms with Crippen molar-refractivity contribution in [3.05, 3.63) is 59.9 Å². The van der Waals surface area contributed by atoms with E-state index >= 15 is 0 Å². The van der Waals surface area contributed by atoms with Gasteiger partial charge < -0.3 is 5.32 Å². The second-order valence-electron chi connectivity index (χ2n) is 7.11. The number of nitrogens with zero attached hydrogens (tertiary/aromatic N) is 5. The highest BCUT2D eigenvalue weighted by atomic mass is 16.2. The van der Waals surface area contributed by atoms with Crippen LogP contribution < -0.4 is 10.2 Å². The van der Waals surface area contributed by atoms with E-state index < -0.39 is 0 Å². The number of aliphatic imine (C=N–C) groups is 1. The number of carbonyl (C=O) groups excluding carboxylic acids is 1. The Labute approximate surface area is 162 Å². The summed E-state index contributed by atoms with van der Waals surface area (Å²) in [5.41, 5.74) is 3.95. The lowest BCUT2D eigenvalue weighted by Crippen LogP contribution is -2.38. The molecule has 0 aliphatic carbocycles. The Morgan fingerprint density at radius 2 is 2.11 bits per heavy atom. The van der Waals surface area contributed by atoms with Crippen molar-refractivity contribution in [3.8, 4) is 5.82 Å². The minimum Gasteiger partial charge on any atom is -0.327 e. The van der Waals surface area contributed by atoms with E-state index in [1.165, 1.54) is 5.57 Å². The number of urea groups is 1. The molecule has 2 atom stereocenters. The third-order valence-electron chi connectivity index (χ3n) is 5.29. The van der Waals surface area contributed by atoms with E-state index in [0.29, 0.717) is 0 Å². The molecular weight excluding hydrogens is 352 g/mol. The number of hydrogen-bond donors (Lipinski definition) is 1. The fourth-order valence-corrected chi connectivity index (χ4v) is 3.80. The average molecular weight is 372 g/mol. The van der Waals surface area contributed by atoms with Crippen LogP contribution in [0.3, 0.4) is 0 Å². The summed E-state index contributed by atoms with van der Waals surface area (Å²) < 4.78 is 1.76. The molecule has 0 bridgehead atoms. The molecule has 1 N–H and O–H groups in total. The number of nitrogens with one attached hydrogen (secondary N) is 1. The van der Waals surface area contributed by atoms with Crippen molar-refractivity contribution in [2.45, 2.75) is 32.5 Å². The van der Waals surface area contributed by atoms with E-state index in [1.54, 1.807) is 15.8 Å². The maximum atomic E-state index is 12.7. The Bertz CT molecular complexity index is 1130. The first-order valence-electron chi connectivity index (χ1n) is 9.38. The molecule has 0 spiro atoms. The van der Waals surface area contributed by atoms with Crippen LogP contribution in [0, 0.1) is 6.92 Å². The first-order chi connectivity index (χ1) is 13.6. The minimum absolute atomic E-state index is 0.0716. The van der Waals surface area contributed by atoms with Crippen LogP contribution >= 0.6 is 0 Å². The lowest BCUT2D eigenvalue weighted by Gasteiger charge is -2.26. The van der Waals surface area contributed by atoms with Gasteiger partial charge in [-0.05, 0) is 54.8 Å². The van der Waals surface area contributed by atoms with Gasteiger partial charge in [-0.1, -0.05) is 13.0 Å². The van der Waals surface area contributed by atoms with Crippen LogP contribution in [-0.2, 0) is 0 Å². The SMILES string of the molecule is CCC1=CC=NC2C1NC(=O)N2c1ccc2nn(-c3ccc(C)cn3)cc2c1. The summed E-state index contributed by atoms with van der Waals surface area (Å²) in [4.78, 5) is 23.4. The minimum atomic E-state index is -0.251. The number of hydrogen-bond acceptors (Lipinski definition) is 4. The van der Waals surface area contributed by atoms with Gasteiger partial charge in [0.2, 0.25) is 0 Å². The van der Waals surface area contributed by atoms with E-state index in [-0.39, 0.29) is 18.2 Å². The third kappa shape index (κ3) is 2.58. The van der Waals surface area contributed by atoms with Crippen molar-refractivity contribution in [3.63, 3.8) is 0 Å². The maximum Gasteiger partial charge on any atom is 0.324 e. The number of carbonyl (C=O) groups is 1.